The van der Waals surface area contributed by atoms with E-state index in [-0.39, 0.29) is 11.7 Å². The molecule has 3 rings (SSSR count). The molecule has 1 fully saturated rings. The van der Waals surface area contributed by atoms with E-state index >= 15 is 0 Å². The lowest BCUT2D eigenvalue weighted by Crippen LogP contribution is -2.07. The molecule has 20 heavy (non-hydrogen) atoms. The van der Waals surface area contributed by atoms with E-state index in [4.69, 9.17) is 4.74 Å². The highest BCUT2D eigenvalue weighted by atomic mass is 79.9. The summed E-state index contributed by atoms with van der Waals surface area (Å²) in [5.41, 5.74) is 0.829. The topological polar surface area (TPSA) is 31.2 Å². The van der Waals surface area contributed by atoms with E-state index in [0.717, 1.165) is 35.2 Å². The molecule has 3 nitrogen and oxygen atoms in total. The largest absolute Gasteiger partial charge is 0.492 e. The van der Waals surface area contributed by atoms with E-state index in [0.29, 0.717) is 6.61 Å². The van der Waals surface area contributed by atoms with Crippen LogP contribution in [0.5, 0.6) is 5.75 Å². The fourth-order valence-corrected chi connectivity index (χ4v) is 2.51. The zero-order chi connectivity index (χ0) is 13.9. The number of nitrogens with zero attached hydrogens (tertiary/aromatic N) is 1. The third kappa shape index (κ3) is 3.31. The number of benzene rings is 1. The summed E-state index contributed by atoms with van der Waals surface area (Å²) in [7, 11) is 0. The minimum absolute atomic E-state index is 0.281. The molecule has 0 aliphatic heterocycles. The molecule has 0 bridgehead atoms. The molecular weight excluding hydrogens is 318 g/mol. The number of rotatable bonds is 6. The molecule has 1 heterocycles. The monoisotopic (exact) mass is 333 g/mol. The van der Waals surface area contributed by atoms with E-state index in [9.17, 15) is 4.79 Å². The van der Waals surface area contributed by atoms with Crippen LogP contribution in [0.4, 0.5) is 0 Å². The van der Waals surface area contributed by atoms with Gasteiger partial charge in [-0.3, -0.25) is 4.79 Å². The van der Waals surface area contributed by atoms with E-state index in [2.05, 4.69) is 15.9 Å². The molecule has 0 radical (unpaired) electrons. The van der Waals surface area contributed by atoms with Crippen molar-refractivity contribution in [2.75, 3.05) is 6.61 Å². The second-order valence-electron chi connectivity index (χ2n) is 5.08. The van der Waals surface area contributed by atoms with Crippen LogP contribution in [0.2, 0.25) is 0 Å². The Morgan fingerprint density at radius 2 is 2.20 bits per heavy atom. The summed E-state index contributed by atoms with van der Waals surface area (Å²) < 4.78 is 8.70. The van der Waals surface area contributed by atoms with Gasteiger partial charge < -0.3 is 9.30 Å². The second-order valence-corrected chi connectivity index (χ2v) is 6.00. The van der Waals surface area contributed by atoms with Crippen molar-refractivity contribution in [1.29, 1.82) is 0 Å². The molecule has 0 amide bonds. The van der Waals surface area contributed by atoms with Crippen LogP contribution in [0.15, 0.2) is 47.2 Å². The van der Waals surface area contributed by atoms with Gasteiger partial charge in [0.2, 0.25) is 0 Å². The number of carbonyl (C=O) groups excluding carboxylic acids is 1. The smallest absolute Gasteiger partial charge is 0.167 e. The number of aromatic nitrogens is 1. The maximum atomic E-state index is 11.9. The van der Waals surface area contributed by atoms with Crippen molar-refractivity contribution >= 4 is 21.7 Å². The van der Waals surface area contributed by atoms with Gasteiger partial charge in [-0.15, -0.1) is 0 Å². The highest BCUT2D eigenvalue weighted by Crippen LogP contribution is 2.32. The minimum Gasteiger partial charge on any atom is -0.492 e. The maximum Gasteiger partial charge on any atom is 0.167 e. The van der Waals surface area contributed by atoms with Crippen molar-refractivity contribution in [2.45, 2.75) is 19.4 Å². The Balaban J connectivity index is 1.52. The van der Waals surface area contributed by atoms with Gasteiger partial charge >= 0.3 is 0 Å². The Hall–Kier alpha value is -1.55. The molecule has 1 aromatic carbocycles. The Bertz CT molecular complexity index is 616. The van der Waals surface area contributed by atoms with Crippen LogP contribution in [0.25, 0.3) is 0 Å². The van der Waals surface area contributed by atoms with E-state index < -0.39 is 0 Å². The summed E-state index contributed by atoms with van der Waals surface area (Å²) in [4.78, 5) is 11.9. The minimum atomic E-state index is 0.281. The van der Waals surface area contributed by atoms with Crippen LogP contribution >= 0.6 is 15.9 Å². The zero-order valence-corrected chi connectivity index (χ0v) is 12.7. The van der Waals surface area contributed by atoms with Crippen molar-refractivity contribution in [2.24, 2.45) is 5.92 Å². The second kappa shape index (κ2) is 5.83. The van der Waals surface area contributed by atoms with Crippen LogP contribution in [-0.4, -0.2) is 17.0 Å². The van der Waals surface area contributed by atoms with Crippen molar-refractivity contribution in [3.8, 4) is 5.75 Å². The fourth-order valence-electron chi connectivity index (χ4n) is 2.13. The summed E-state index contributed by atoms with van der Waals surface area (Å²) in [6.45, 7) is 1.33. The molecule has 2 aromatic rings. The average Bonchev–Trinajstić information content (AvgIpc) is 3.18. The van der Waals surface area contributed by atoms with Gasteiger partial charge in [0.05, 0.1) is 6.54 Å². The third-order valence-corrected chi connectivity index (χ3v) is 3.89. The number of ether oxygens (including phenoxy) is 1. The number of ketones is 1. The van der Waals surface area contributed by atoms with E-state index in [1.807, 2.05) is 47.3 Å². The standard InChI is InChI=1S/C16H16BrNO2/c17-14-2-1-3-15(10-14)20-9-8-18-7-6-13(11-18)16(19)12-4-5-12/h1-3,6-7,10-12H,4-5,8-9H2. The zero-order valence-electron chi connectivity index (χ0n) is 11.1. The van der Waals surface area contributed by atoms with Gasteiger partial charge in [-0.1, -0.05) is 22.0 Å². The fraction of sp³-hybridized carbons (Fsp3) is 0.312. The summed E-state index contributed by atoms with van der Waals surface area (Å²) >= 11 is 3.41. The number of carbonyl (C=O) groups is 1. The number of hydrogen-bond acceptors (Lipinski definition) is 2. The molecule has 1 aliphatic rings. The number of hydrogen-bond donors (Lipinski definition) is 0. The first kappa shape index (κ1) is 13.4. The van der Waals surface area contributed by atoms with E-state index in [1.54, 1.807) is 0 Å². The molecule has 1 aromatic heterocycles. The Kier molecular flexibility index (Phi) is 3.92. The quantitative estimate of drug-likeness (QED) is 0.750. The molecule has 0 spiro atoms. The molecule has 1 saturated carbocycles. The van der Waals surface area contributed by atoms with Crippen molar-refractivity contribution in [3.05, 3.63) is 52.8 Å². The van der Waals surface area contributed by atoms with Gasteiger partial charge in [-0.2, -0.15) is 0 Å². The number of Topliss-reactive ketones (excluding diaryl/α,β-unsaturated/α-hetero) is 1. The summed E-state index contributed by atoms with van der Waals surface area (Å²) in [5, 5.41) is 0. The van der Waals surface area contributed by atoms with Gasteiger partial charge in [0.1, 0.15) is 12.4 Å². The Morgan fingerprint density at radius 3 is 2.95 bits per heavy atom. The maximum absolute atomic E-state index is 11.9. The predicted octanol–water partition coefficient (Wildman–Crippen LogP) is 3.92. The first-order chi connectivity index (χ1) is 9.72. The van der Waals surface area contributed by atoms with Crippen molar-refractivity contribution in [3.63, 3.8) is 0 Å². The van der Waals surface area contributed by atoms with Gasteiger partial charge in [-0.05, 0) is 37.1 Å². The van der Waals surface area contributed by atoms with Crippen LogP contribution in [0, 0.1) is 5.92 Å². The molecule has 104 valence electrons. The SMILES string of the molecule is O=C(c1ccn(CCOc2cccc(Br)c2)c1)C1CC1. The Morgan fingerprint density at radius 1 is 1.35 bits per heavy atom. The molecule has 0 saturated heterocycles. The summed E-state index contributed by atoms with van der Waals surface area (Å²) in [6, 6.07) is 9.69. The third-order valence-electron chi connectivity index (χ3n) is 3.40. The Labute approximate surface area is 126 Å². The van der Waals surface area contributed by atoms with Gasteiger partial charge in [0.25, 0.3) is 0 Å². The lowest BCUT2D eigenvalue weighted by molar-refractivity contribution is 0.0967. The normalized spacial score (nSPS) is 14.2. The molecular formula is C16H16BrNO2. The first-order valence-electron chi connectivity index (χ1n) is 6.81. The van der Waals surface area contributed by atoms with Gasteiger partial charge in [0.15, 0.2) is 5.78 Å². The highest BCUT2D eigenvalue weighted by molar-refractivity contribution is 9.10. The van der Waals surface area contributed by atoms with Crippen LogP contribution < -0.4 is 4.74 Å². The lowest BCUT2D eigenvalue weighted by Gasteiger charge is -2.07. The van der Waals surface area contributed by atoms with Gasteiger partial charge in [0, 0.05) is 28.3 Å². The van der Waals surface area contributed by atoms with Crippen molar-refractivity contribution in [1.82, 2.24) is 4.57 Å². The molecule has 4 heteroatoms. The van der Waals surface area contributed by atoms with Crippen LogP contribution in [0.3, 0.4) is 0 Å². The summed E-state index contributed by atoms with van der Waals surface area (Å²) in [5.74, 6) is 1.42. The van der Waals surface area contributed by atoms with Crippen LogP contribution in [0.1, 0.15) is 23.2 Å². The molecule has 1 aliphatic carbocycles. The van der Waals surface area contributed by atoms with Crippen molar-refractivity contribution < 1.29 is 9.53 Å². The molecule has 0 atom stereocenters. The summed E-state index contributed by atoms with van der Waals surface area (Å²) in [6.07, 6.45) is 5.97. The molecule has 0 unspecified atom stereocenters. The average molecular weight is 334 g/mol. The van der Waals surface area contributed by atoms with Crippen LogP contribution in [-0.2, 0) is 6.54 Å². The number of halogens is 1. The first-order valence-corrected chi connectivity index (χ1v) is 7.60. The van der Waals surface area contributed by atoms with Gasteiger partial charge in [-0.25, -0.2) is 0 Å². The highest BCUT2D eigenvalue weighted by Gasteiger charge is 2.30. The lowest BCUT2D eigenvalue weighted by atomic mass is 10.1. The molecule has 0 N–H and O–H groups in total. The van der Waals surface area contributed by atoms with E-state index in [1.165, 1.54) is 0 Å². The predicted molar refractivity (Wildman–Crippen MR) is 81.1 cm³/mol.